The highest BCUT2D eigenvalue weighted by Gasteiger charge is 2.33. The molecule has 0 aliphatic carbocycles. The van der Waals surface area contributed by atoms with E-state index in [1.165, 1.54) is 37.9 Å². The zero-order chi connectivity index (χ0) is 15.5. The van der Waals surface area contributed by atoms with Gasteiger partial charge in [0.25, 0.3) is 0 Å². The third-order valence-electron chi connectivity index (χ3n) is 4.75. The van der Waals surface area contributed by atoms with Gasteiger partial charge in [-0.3, -0.25) is 4.90 Å². The summed E-state index contributed by atoms with van der Waals surface area (Å²) in [5, 5.41) is 0. The van der Waals surface area contributed by atoms with Crippen molar-refractivity contribution in [2.24, 2.45) is 5.73 Å². The molecule has 1 aromatic rings. The van der Waals surface area contributed by atoms with Gasteiger partial charge in [-0.1, -0.05) is 12.5 Å². The van der Waals surface area contributed by atoms with Crippen LogP contribution in [0.2, 0.25) is 0 Å². The lowest BCUT2D eigenvalue weighted by Crippen LogP contribution is -2.58. The molecule has 2 N–H and O–H groups in total. The molecule has 0 saturated carbocycles. The quantitative estimate of drug-likeness (QED) is 0.877. The minimum absolute atomic E-state index is 0.0345. The number of hydrogen-bond acceptors (Lipinski definition) is 3. The Hall–Kier alpha value is -0.580. The Kier molecular flexibility index (Phi) is 5.69. The predicted molar refractivity (Wildman–Crippen MR) is 91.9 cm³/mol. The minimum atomic E-state index is 0.0345. The van der Waals surface area contributed by atoms with Crippen LogP contribution in [0.5, 0.6) is 5.75 Å². The van der Waals surface area contributed by atoms with Crippen LogP contribution in [-0.4, -0.2) is 36.7 Å². The Morgan fingerprint density at radius 1 is 1.29 bits per heavy atom. The molecule has 2 rings (SSSR count). The summed E-state index contributed by atoms with van der Waals surface area (Å²) in [5.74, 6) is 0.864. The molecule has 1 saturated heterocycles. The number of nitrogens with two attached hydrogens (primary N) is 1. The van der Waals surface area contributed by atoms with E-state index in [9.17, 15) is 0 Å². The average molecular weight is 355 g/mol. The molecule has 0 bridgehead atoms. The Labute approximate surface area is 137 Å². The second-order valence-corrected chi connectivity index (χ2v) is 7.34. The van der Waals surface area contributed by atoms with Crippen molar-refractivity contribution in [3.63, 3.8) is 0 Å². The van der Waals surface area contributed by atoms with Gasteiger partial charge in [-0.05, 0) is 79.8 Å². The molecule has 1 unspecified atom stereocenters. The topological polar surface area (TPSA) is 38.5 Å². The van der Waals surface area contributed by atoms with Crippen LogP contribution in [0, 0.1) is 0 Å². The second kappa shape index (κ2) is 7.12. The van der Waals surface area contributed by atoms with Crippen LogP contribution in [0.4, 0.5) is 0 Å². The number of benzene rings is 1. The predicted octanol–water partition coefficient (Wildman–Crippen LogP) is 3.59. The molecule has 1 heterocycles. The summed E-state index contributed by atoms with van der Waals surface area (Å²) >= 11 is 3.55. The highest BCUT2D eigenvalue weighted by Crippen LogP contribution is 2.28. The molecule has 1 aliphatic heterocycles. The fraction of sp³-hybridized carbons (Fsp3) is 0.647. The highest BCUT2D eigenvalue weighted by atomic mass is 79.9. The van der Waals surface area contributed by atoms with Gasteiger partial charge in [0, 0.05) is 11.6 Å². The van der Waals surface area contributed by atoms with Crippen molar-refractivity contribution in [3.8, 4) is 5.75 Å². The van der Waals surface area contributed by atoms with Crippen LogP contribution in [-0.2, 0) is 6.42 Å². The third-order valence-corrected chi connectivity index (χ3v) is 5.37. The summed E-state index contributed by atoms with van der Waals surface area (Å²) in [4.78, 5) is 2.56. The van der Waals surface area contributed by atoms with Crippen LogP contribution in [0.1, 0.15) is 38.7 Å². The first-order valence-corrected chi connectivity index (χ1v) is 8.57. The largest absolute Gasteiger partial charge is 0.496 e. The fourth-order valence-corrected chi connectivity index (χ4v) is 3.63. The molecule has 3 nitrogen and oxygen atoms in total. The molecule has 1 fully saturated rings. The van der Waals surface area contributed by atoms with Crippen molar-refractivity contribution in [1.29, 1.82) is 0 Å². The van der Waals surface area contributed by atoms with Crippen molar-refractivity contribution >= 4 is 15.9 Å². The second-order valence-electron chi connectivity index (χ2n) is 6.48. The lowest BCUT2D eigenvalue weighted by atomic mass is 9.87. The van der Waals surface area contributed by atoms with E-state index in [2.05, 4.69) is 46.8 Å². The zero-order valence-electron chi connectivity index (χ0n) is 13.4. The van der Waals surface area contributed by atoms with E-state index in [0.717, 1.165) is 16.6 Å². The van der Waals surface area contributed by atoms with Crippen molar-refractivity contribution in [3.05, 3.63) is 28.2 Å². The first-order valence-electron chi connectivity index (χ1n) is 7.78. The molecule has 1 aliphatic rings. The number of ether oxygens (including phenoxy) is 1. The SMILES string of the molecule is COc1ccc(CC(N)C(C)(C)N2CCCCC2)cc1Br. The molecule has 1 aromatic carbocycles. The van der Waals surface area contributed by atoms with E-state index in [1.807, 2.05) is 6.07 Å². The molecular weight excluding hydrogens is 328 g/mol. The summed E-state index contributed by atoms with van der Waals surface area (Å²) in [5.41, 5.74) is 7.83. The number of likely N-dealkylation sites (tertiary alicyclic amines) is 1. The lowest BCUT2D eigenvalue weighted by Gasteiger charge is -2.44. The molecule has 0 aromatic heterocycles. The van der Waals surface area contributed by atoms with Crippen LogP contribution in [0.15, 0.2) is 22.7 Å². The Morgan fingerprint density at radius 2 is 1.95 bits per heavy atom. The minimum Gasteiger partial charge on any atom is -0.496 e. The summed E-state index contributed by atoms with van der Waals surface area (Å²) < 4.78 is 6.27. The maximum atomic E-state index is 6.55. The first-order chi connectivity index (χ1) is 9.95. The van der Waals surface area contributed by atoms with Gasteiger partial charge < -0.3 is 10.5 Å². The summed E-state index contributed by atoms with van der Waals surface area (Å²) in [6.45, 7) is 6.91. The molecule has 4 heteroatoms. The van der Waals surface area contributed by atoms with Crippen molar-refractivity contribution in [2.45, 2.75) is 51.1 Å². The smallest absolute Gasteiger partial charge is 0.133 e. The van der Waals surface area contributed by atoms with Gasteiger partial charge in [0.05, 0.1) is 11.6 Å². The maximum absolute atomic E-state index is 6.55. The monoisotopic (exact) mass is 354 g/mol. The molecule has 0 radical (unpaired) electrons. The summed E-state index contributed by atoms with van der Waals surface area (Å²) in [7, 11) is 1.69. The Balaban J connectivity index is 2.05. The number of nitrogens with zero attached hydrogens (tertiary/aromatic N) is 1. The summed E-state index contributed by atoms with van der Waals surface area (Å²) in [6, 6.07) is 6.34. The molecule has 0 amide bonds. The summed E-state index contributed by atoms with van der Waals surface area (Å²) in [6.07, 6.45) is 4.83. The molecular formula is C17H27BrN2O. The first kappa shape index (κ1) is 16.8. The lowest BCUT2D eigenvalue weighted by molar-refractivity contribution is 0.0731. The highest BCUT2D eigenvalue weighted by molar-refractivity contribution is 9.10. The van der Waals surface area contributed by atoms with E-state index >= 15 is 0 Å². The molecule has 1 atom stereocenters. The number of piperidine rings is 1. The number of hydrogen-bond donors (Lipinski definition) is 1. The van der Waals surface area contributed by atoms with Gasteiger partial charge in [0.1, 0.15) is 5.75 Å². The fourth-order valence-electron chi connectivity index (χ4n) is 3.05. The molecule has 21 heavy (non-hydrogen) atoms. The number of rotatable bonds is 5. The van der Waals surface area contributed by atoms with Gasteiger partial charge in [-0.25, -0.2) is 0 Å². The van der Waals surface area contributed by atoms with Crippen LogP contribution >= 0.6 is 15.9 Å². The van der Waals surface area contributed by atoms with E-state index in [0.29, 0.717) is 0 Å². The van der Waals surface area contributed by atoms with Gasteiger partial charge in [-0.15, -0.1) is 0 Å². The van der Waals surface area contributed by atoms with E-state index in [1.54, 1.807) is 7.11 Å². The Bertz CT molecular complexity index is 470. The maximum Gasteiger partial charge on any atom is 0.133 e. The van der Waals surface area contributed by atoms with E-state index in [-0.39, 0.29) is 11.6 Å². The van der Waals surface area contributed by atoms with Gasteiger partial charge in [-0.2, -0.15) is 0 Å². The van der Waals surface area contributed by atoms with Crippen LogP contribution in [0.3, 0.4) is 0 Å². The van der Waals surface area contributed by atoms with E-state index < -0.39 is 0 Å². The third kappa shape index (κ3) is 3.99. The van der Waals surface area contributed by atoms with E-state index in [4.69, 9.17) is 10.5 Å². The van der Waals surface area contributed by atoms with Crippen LogP contribution < -0.4 is 10.5 Å². The molecule has 118 valence electrons. The number of halogens is 1. The Morgan fingerprint density at radius 3 is 2.52 bits per heavy atom. The van der Waals surface area contributed by atoms with Crippen molar-refractivity contribution < 1.29 is 4.74 Å². The van der Waals surface area contributed by atoms with Gasteiger partial charge >= 0.3 is 0 Å². The average Bonchev–Trinajstić information content (AvgIpc) is 2.48. The molecule has 0 spiro atoms. The zero-order valence-corrected chi connectivity index (χ0v) is 14.9. The van der Waals surface area contributed by atoms with Crippen molar-refractivity contribution in [1.82, 2.24) is 4.90 Å². The van der Waals surface area contributed by atoms with Gasteiger partial charge in [0.15, 0.2) is 0 Å². The van der Waals surface area contributed by atoms with Crippen molar-refractivity contribution in [2.75, 3.05) is 20.2 Å². The standard InChI is InChI=1S/C17H27BrN2O/c1-17(2,20-9-5-4-6-10-20)16(19)12-13-7-8-15(21-3)14(18)11-13/h7-8,11,16H,4-6,9-10,12,19H2,1-3H3. The van der Waals surface area contributed by atoms with Crippen LogP contribution in [0.25, 0.3) is 0 Å². The van der Waals surface area contributed by atoms with Gasteiger partial charge in [0.2, 0.25) is 0 Å². The normalized spacial score (nSPS) is 18.5. The number of methoxy groups -OCH3 is 1.